The lowest BCUT2D eigenvalue weighted by Gasteiger charge is -2.25. The van der Waals surface area contributed by atoms with Crippen molar-refractivity contribution in [1.82, 2.24) is 4.90 Å². The maximum absolute atomic E-state index is 12.1. The highest BCUT2D eigenvalue weighted by atomic mass is 16.7. The van der Waals surface area contributed by atoms with Crippen molar-refractivity contribution in [3.05, 3.63) is 23.8 Å². The van der Waals surface area contributed by atoms with E-state index in [1.54, 1.807) is 7.05 Å². The highest BCUT2D eigenvalue weighted by molar-refractivity contribution is 5.70. The van der Waals surface area contributed by atoms with E-state index in [-0.39, 0.29) is 32.0 Å². The third-order valence-electron chi connectivity index (χ3n) is 4.59. The summed E-state index contributed by atoms with van der Waals surface area (Å²) in [4.78, 5) is 25.2. The molecule has 28 heavy (non-hydrogen) atoms. The van der Waals surface area contributed by atoms with Gasteiger partial charge in [-0.15, -0.1) is 0 Å². The largest absolute Gasteiger partial charge is 0.454 e. The number of fused-ring (bicyclic) bond motifs is 1. The van der Waals surface area contributed by atoms with Gasteiger partial charge < -0.3 is 33.3 Å². The topological polar surface area (TPSA) is 92.8 Å². The minimum atomic E-state index is -0.566. The van der Waals surface area contributed by atoms with Crippen LogP contribution in [0.3, 0.4) is 0 Å². The summed E-state index contributed by atoms with van der Waals surface area (Å²) in [5.74, 6) is 0.942. The number of carbonyl (C=O) groups excluding carboxylic acids is 2. The van der Waals surface area contributed by atoms with E-state index < -0.39 is 18.9 Å². The van der Waals surface area contributed by atoms with E-state index in [0.717, 1.165) is 11.3 Å². The Morgan fingerprint density at radius 1 is 1.21 bits per heavy atom. The van der Waals surface area contributed by atoms with Crippen molar-refractivity contribution in [2.75, 3.05) is 40.5 Å². The number of nitrogens with zero attached hydrogens (tertiary/aromatic N) is 1. The second-order valence-corrected chi connectivity index (χ2v) is 6.68. The average molecular weight is 395 g/mol. The fraction of sp³-hybridized carbons (Fsp3) is 0.579. The van der Waals surface area contributed by atoms with E-state index in [0.29, 0.717) is 25.4 Å². The van der Waals surface area contributed by atoms with Gasteiger partial charge in [0.15, 0.2) is 11.5 Å². The summed E-state index contributed by atoms with van der Waals surface area (Å²) < 4.78 is 30.9. The number of esters is 1. The van der Waals surface area contributed by atoms with Crippen LogP contribution in [0.25, 0.3) is 0 Å². The summed E-state index contributed by atoms with van der Waals surface area (Å²) in [5.41, 5.74) is 1.01. The number of hydrogen-bond acceptors (Lipinski definition) is 8. The van der Waals surface area contributed by atoms with Crippen LogP contribution in [0.4, 0.5) is 4.79 Å². The molecular weight excluding hydrogens is 370 g/mol. The monoisotopic (exact) mass is 395 g/mol. The highest BCUT2D eigenvalue weighted by Crippen LogP contribution is 2.32. The van der Waals surface area contributed by atoms with Crippen molar-refractivity contribution < 1.29 is 38.0 Å². The van der Waals surface area contributed by atoms with Gasteiger partial charge >= 0.3 is 12.1 Å². The Balaban J connectivity index is 1.33. The van der Waals surface area contributed by atoms with E-state index in [2.05, 4.69) is 0 Å². The molecule has 154 valence electrons. The molecule has 0 saturated carbocycles. The Hall–Kier alpha value is -2.52. The summed E-state index contributed by atoms with van der Waals surface area (Å²) >= 11 is 0. The van der Waals surface area contributed by atoms with E-state index in [4.69, 9.17) is 28.4 Å². The molecule has 0 N–H and O–H groups in total. The van der Waals surface area contributed by atoms with Gasteiger partial charge in [-0.3, -0.25) is 4.79 Å². The van der Waals surface area contributed by atoms with E-state index in [1.807, 2.05) is 25.1 Å². The third-order valence-corrected chi connectivity index (χ3v) is 4.59. The van der Waals surface area contributed by atoms with Crippen molar-refractivity contribution in [3.63, 3.8) is 0 Å². The minimum Gasteiger partial charge on any atom is -0.454 e. The van der Waals surface area contributed by atoms with Gasteiger partial charge in [0.25, 0.3) is 0 Å². The van der Waals surface area contributed by atoms with E-state index >= 15 is 0 Å². The molecule has 1 fully saturated rings. The van der Waals surface area contributed by atoms with Crippen LogP contribution >= 0.6 is 0 Å². The fourth-order valence-electron chi connectivity index (χ4n) is 2.66. The lowest BCUT2D eigenvalue weighted by molar-refractivity contribution is -0.159. The summed E-state index contributed by atoms with van der Waals surface area (Å²) in [5, 5.41) is 0. The van der Waals surface area contributed by atoms with Crippen molar-refractivity contribution in [1.29, 1.82) is 0 Å². The van der Waals surface area contributed by atoms with Crippen LogP contribution in [0, 0.1) is 0 Å². The first-order valence-electron chi connectivity index (χ1n) is 9.16. The van der Waals surface area contributed by atoms with Gasteiger partial charge in [-0.05, 0) is 31.0 Å². The second kappa shape index (κ2) is 9.61. The first kappa shape index (κ1) is 20.2. The molecule has 2 aliphatic heterocycles. The zero-order valence-electron chi connectivity index (χ0n) is 16.0. The summed E-state index contributed by atoms with van der Waals surface area (Å²) in [7, 11) is 1.64. The molecule has 1 atom stereocenters. The lowest BCUT2D eigenvalue weighted by Crippen LogP contribution is -2.37. The molecular formula is C19H25NO8. The Kier molecular flexibility index (Phi) is 6.94. The molecule has 1 amide bonds. The molecule has 0 radical (unpaired) electrons. The number of ether oxygens (including phenoxy) is 6. The number of rotatable bonds is 9. The van der Waals surface area contributed by atoms with Crippen LogP contribution in [0.1, 0.15) is 18.9 Å². The molecule has 3 rings (SSSR count). The standard InChI is InChI=1S/C19H25NO8/c1-13(7-14-3-4-16-17(8-14)26-11-25-16)20(2)19(22)28-12-27-18(21)5-6-24-15-9-23-10-15/h3-4,8,13,15H,5-7,9-12H2,1-2H3. The Morgan fingerprint density at radius 3 is 2.75 bits per heavy atom. The lowest BCUT2D eigenvalue weighted by atomic mass is 10.1. The summed E-state index contributed by atoms with van der Waals surface area (Å²) in [6.07, 6.45) is 0.212. The Bertz CT molecular complexity index is 691. The summed E-state index contributed by atoms with van der Waals surface area (Å²) in [6.45, 7) is 3.07. The number of amides is 1. The molecule has 0 aliphatic carbocycles. The van der Waals surface area contributed by atoms with Crippen molar-refractivity contribution in [2.45, 2.75) is 31.9 Å². The number of hydrogen-bond donors (Lipinski definition) is 0. The minimum absolute atomic E-state index is 0.0607. The zero-order valence-corrected chi connectivity index (χ0v) is 16.0. The maximum Gasteiger partial charge on any atom is 0.412 e. The maximum atomic E-state index is 12.1. The molecule has 9 heteroatoms. The van der Waals surface area contributed by atoms with Crippen molar-refractivity contribution in [2.24, 2.45) is 0 Å². The molecule has 1 aromatic carbocycles. The molecule has 0 aromatic heterocycles. The SMILES string of the molecule is CC(Cc1ccc2c(c1)OCO2)N(C)C(=O)OCOC(=O)CCOC1COC1. The first-order valence-corrected chi connectivity index (χ1v) is 9.16. The Morgan fingerprint density at radius 2 is 2.00 bits per heavy atom. The van der Waals surface area contributed by atoms with Crippen LogP contribution in [0.2, 0.25) is 0 Å². The van der Waals surface area contributed by atoms with E-state index in [9.17, 15) is 9.59 Å². The van der Waals surface area contributed by atoms with Gasteiger partial charge in [0.2, 0.25) is 13.6 Å². The number of benzene rings is 1. The summed E-state index contributed by atoms with van der Waals surface area (Å²) in [6, 6.07) is 5.56. The normalized spacial score (nSPS) is 16.2. The molecule has 0 bridgehead atoms. The van der Waals surface area contributed by atoms with Gasteiger partial charge in [-0.1, -0.05) is 6.07 Å². The van der Waals surface area contributed by atoms with Crippen LogP contribution in [0.5, 0.6) is 11.5 Å². The predicted octanol–water partition coefficient (Wildman–Crippen LogP) is 1.72. The van der Waals surface area contributed by atoms with Gasteiger partial charge in [0, 0.05) is 13.1 Å². The van der Waals surface area contributed by atoms with Gasteiger partial charge in [-0.2, -0.15) is 0 Å². The molecule has 1 unspecified atom stereocenters. The van der Waals surface area contributed by atoms with Crippen LogP contribution in [0.15, 0.2) is 18.2 Å². The third kappa shape index (κ3) is 5.49. The molecule has 2 aliphatic rings. The van der Waals surface area contributed by atoms with E-state index in [1.165, 1.54) is 4.90 Å². The average Bonchev–Trinajstić information content (AvgIpc) is 3.10. The number of carbonyl (C=O) groups is 2. The van der Waals surface area contributed by atoms with Crippen molar-refractivity contribution >= 4 is 12.1 Å². The van der Waals surface area contributed by atoms with Crippen molar-refractivity contribution in [3.8, 4) is 11.5 Å². The quantitative estimate of drug-likeness (QED) is 0.461. The highest BCUT2D eigenvalue weighted by Gasteiger charge is 2.21. The smallest absolute Gasteiger partial charge is 0.412 e. The predicted molar refractivity (Wildman–Crippen MR) is 96.1 cm³/mol. The zero-order chi connectivity index (χ0) is 19.9. The molecule has 0 spiro atoms. The van der Waals surface area contributed by atoms with Crippen LogP contribution in [-0.2, 0) is 30.2 Å². The fourth-order valence-corrected chi connectivity index (χ4v) is 2.66. The van der Waals surface area contributed by atoms with Gasteiger partial charge in [0.1, 0.15) is 6.10 Å². The second-order valence-electron chi connectivity index (χ2n) is 6.68. The Labute approximate surface area is 163 Å². The molecule has 1 saturated heterocycles. The molecule has 2 heterocycles. The van der Waals surface area contributed by atoms with Gasteiger partial charge in [0.05, 0.1) is 26.2 Å². The molecule has 1 aromatic rings. The number of likely N-dealkylation sites (N-methyl/N-ethyl adjacent to an activating group) is 1. The molecule has 9 nitrogen and oxygen atoms in total. The van der Waals surface area contributed by atoms with Crippen LogP contribution < -0.4 is 9.47 Å². The van der Waals surface area contributed by atoms with Crippen LogP contribution in [-0.4, -0.2) is 69.6 Å². The first-order chi connectivity index (χ1) is 13.5. The van der Waals surface area contributed by atoms with Gasteiger partial charge in [-0.25, -0.2) is 4.79 Å².